The van der Waals surface area contributed by atoms with Gasteiger partial charge in [-0.25, -0.2) is 4.39 Å². The molecule has 1 heterocycles. The quantitative estimate of drug-likeness (QED) is 0.834. The van der Waals surface area contributed by atoms with Crippen molar-refractivity contribution in [1.82, 2.24) is 4.98 Å². The normalized spacial score (nSPS) is 15.6. The molecular formula is C11H13F4NO. The van der Waals surface area contributed by atoms with Crippen LogP contribution in [0.2, 0.25) is 0 Å². The van der Waals surface area contributed by atoms with Crippen molar-refractivity contribution >= 4 is 0 Å². The van der Waals surface area contributed by atoms with E-state index in [2.05, 4.69) is 4.98 Å². The number of rotatable bonds is 4. The van der Waals surface area contributed by atoms with Crippen LogP contribution < -0.4 is 0 Å². The van der Waals surface area contributed by atoms with E-state index in [-0.39, 0.29) is 18.4 Å². The topological polar surface area (TPSA) is 33.1 Å². The fraction of sp³-hybridized carbons (Fsp3) is 0.545. The highest BCUT2D eigenvalue weighted by atomic mass is 19.4. The molecule has 0 bridgehead atoms. The summed E-state index contributed by atoms with van der Waals surface area (Å²) in [5.74, 6) is -0.718. The van der Waals surface area contributed by atoms with E-state index in [0.717, 1.165) is 6.20 Å². The first-order chi connectivity index (χ1) is 7.72. The molecule has 1 rings (SSSR count). The summed E-state index contributed by atoms with van der Waals surface area (Å²) >= 11 is 0. The standard InChI is InChI=1S/C11H13F4NO/c1-10(17,4-2-5-11(13,14)15)8-3-6-16-7-9(8)12/h3,6-7,17H,2,4-5H2,1H3. The first-order valence-corrected chi connectivity index (χ1v) is 5.11. The molecule has 0 aliphatic carbocycles. The van der Waals surface area contributed by atoms with Crippen LogP contribution in [0.4, 0.5) is 17.6 Å². The first kappa shape index (κ1) is 13.9. The average Bonchev–Trinajstić information content (AvgIpc) is 2.15. The Morgan fingerprint density at radius 3 is 2.47 bits per heavy atom. The Balaban J connectivity index is 2.66. The summed E-state index contributed by atoms with van der Waals surface area (Å²) in [6.45, 7) is 1.29. The van der Waals surface area contributed by atoms with Crippen molar-refractivity contribution in [1.29, 1.82) is 0 Å². The number of halogens is 4. The van der Waals surface area contributed by atoms with Gasteiger partial charge < -0.3 is 5.11 Å². The van der Waals surface area contributed by atoms with E-state index < -0.39 is 24.0 Å². The Kier molecular flexibility index (Phi) is 4.08. The fourth-order valence-electron chi connectivity index (χ4n) is 1.58. The predicted octanol–water partition coefficient (Wildman–Crippen LogP) is 3.16. The SMILES string of the molecule is CC(O)(CCCC(F)(F)F)c1ccncc1F. The van der Waals surface area contributed by atoms with E-state index in [9.17, 15) is 22.7 Å². The highest BCUT2D eigenvalue weighted by Gasteiger charge is 2.31. The minimum absolute atomic E-state index is 0.0327. The molecule has 2 nitrogen and oxygen atoms in total. The smallest absolute Gasteiger partial charge is 0.385 e. The minimum Gasteiger partial charge on any atom is -0.385 e. The molecular weight excluding hydrogens is 238 g/mol. The second-order valence-corrected chi connectivity index (χ2v) is 4.10. The zero-order valence-corrected chi connectivity index (χ0v) is 9.26. The number of aliphatic hydroxyl groups is 1. The molecule has 1 unspecified atom stereocenters. The van der Waals surface area contributed by atoms with Crippen LogP contribution in [-0.2, 0) is 5.60 Å². The van der Waals surface area contributed by atoms with Crippen LogP contribution in [0.1, 0.15) is 31.7 Å². The minimum atomic E-state index is -4.26. The van der Waals surface area contributed by atoms with E-state index in [1.165, 1.54) is 19.2 Å². The van der Waals surface area contributed by atoms with Gasteiger partial charge in [-0.05, 0) is 25.8 Å². The molecule has 0 aliphatic heterocycles. The van der Waals surface area contributed by atoms with Crippen molar-refractivity contribution in [3.8, 4) is 0 Å². The predicted molar refractivity (Wildman–Crippen MR) is 53.7 cm³/mol. The van der Waals surface area contributed by atoms with E-state index in [0.29, 0.717) is 0 Å². The van der Waals surface area contributed by atoms with Crippen LogP contribution in [-0.4, -0.2) is 16.3 Å². The maximum Gasteiger partial charge on any atom is 0.389 e. The van der Waals surface area contributed by atoms with E-state index in [4.69, 9.17) is 0 Å². The Morgan fingerprint density at radius 2 is 1.94 bits per heavy atom. The van der Waals surface area contributed by atoms with Gasteiger partial charge in [0.1, 0.15) is 5.82 Å². The molecule has 1 atom stereocenters. The molecule has 1 aromatic rings. The molecule has 1 aromatic heterocycles. The van der Waals surface area contributed by atoms with Crippen molar-refractivity contribution in [2.24, 2.45) is 0 Å². The molecule has 0 saturated heterocycles. The second kappa shape index (κ2) is 5.00. The molecule has 0 spiro atoms. The second-order valence-electron chi connectivity index (χ2n) is 4.10. The lowest BCUT2D eigenvalue weighted by molar-refractivity contribution is -0.137. The Morgan fingerprint density at radius 1 is 1.29 bits per heavy atom. The van der Waals surface area contributed by atoms with Crippen molar-refractivity contribution in [2.45, 2.75) is 38.0 Å². The molecule has 6 heteroatoms. The number of nitrogens with zero attached hydrogens (tertiary/aromatic N) is 1. The third-order valence-electron chi connectivity index (χ3n) is 2.48. The van der Waals surface area contributed by atoms with Gasteiger partial charge in [0, 0.05) is 18.2 Å². The Labute approximate surface area is 96.3 Å². The highest BCUT2D eigenvalue weighted by Crippen LogP contribution is 2.31. The van der Waals surface area contributed by atoms with E-state index in [1.807, 2.05) is 0 Å². The van der Waals surface area contributed by atoms with Gasteiger partial charge in [-0.3, -0.25) is 4.98 Å². The zero-order valence-electron chi connectivity index (χ0n) is 9.26. The highest BCUT2D eigenvalue weighted by molar-refractivity contribution is 5.20. The molecule has 0 radical (unpaired) electrons. The van der Waals surface area contributed by atoms with E-state index >= 15 is 0 Å². The lowest BCUT2D eigenvalue weighted by atomic mass is 9.91. The van der Waals surface area contributed by atoms with Gasteiger partial charge in [-0.1, -0.05) is 0 Å². The average molecular weight is 251 g/mol. The van der Waals surface area contributed by atoms with Crippen LogP contribution in [0.15, 0.2) is 18.5 Å². The molecule has 0 aliphatic rings. The lowest BCUT2D eigenvalue weighted by Crippen LogP contribution is -2.23. The molecule has 17 heavy (non-hydrogen) atoms. The molecule has 0 saturated carbocycles. The van der Waals surface area contributed by atoms with Crippen LogP contribution in [0.3, 0.4) is 0 Å². The van der Waals surface area contributed by atoms with Gasteiger partial charge in [-0.2, -0.15) is 13.2 Å². The van der Waals surface area contributed by atoms with Crippen molar-refractivity contribution in [3.05, 3.63) is 29.8 Å². The summed E-state index contributed by atoms with van der Waals surface area (Å²) in [5, 5.41) is 9.93. The summed E-state index contributed by atoms with van der Waals surface area (Å²) in [6, 6.07) is 1.27. The maximum atomic E-state index is 13.3. The van der Waals surface area contributed by atoms with Crippen LogP contribution >= 0.6 is 0 Å². The zero-order chi connectivity index (χ0) is 13.1. The van der Waals surface area contributed by atoms with Crippen LogP contribution in [0, 0.1) is 5.82 Å². The third kappa shape index (κ3) is 4.30. The van der Waals surface area contributed by atoms with Gasteiger partial charge in [0.15, 0.2) is 0 Å². The monoisotopic (exact) mass is 251 g/mol. The number of hydrogen-bond acceptors (Lipinski definition) is 2. The summed E-state index contributed by atoms with van der Waals surface area (Å²) in [4.78, 5) is 3.51. The number of alkyl halides is 3. The maximum absolute atomic E-state index is 13.3. The Bertz CT molecular complexity index is 376. The molecule has 96 valence electrons. The van der Waals surface area contributed by atoms with Crippen molar-refractivity contribution in [2.75, 3.05) is 0 Å². The number of hydrogen-bond donors (Lipinski definition) is 1. The van der Waals surface area contributed by atoms with Crippen LogP contribution in [0.5, 0.6) is 0 Å². The third-order valence-corrected chi connectivity index (χ3v) is 2.48. The van der Waals surface area contributed by atoms with E-state index in [1.54, 1.807) is 0 Å². The van der Waals surface area contributed by atoms with Crippen molar-refractivity contribution in [3.63, 3.8) is 0 Å². The summed E-state index contributed by atoms with van der Waals surface area (Å²) in [5.41, 5.74) is -1.65. The number of pyridine rings is 1. The number of aromatic nitrogens is 1. The molecule has 0 fully saturated rings. The molecule has 1 N–H and O–H groups in total. The Hall–Kier alpha value is -1.17. The first-order valence-electron chi connectivity index (χ1n) is 5.11. The summed E-state index contributed by atoms with van der Waals surface area (Å²) in [7, 11) is 0. The molecule has 0 amide bonds. The van der Waals surface area contributed by atoms with Gasteiger partial charge in [0.25, 0.3) is 0 Å². The van der Waals surface area contributed by atoms with Gasteiger partial charge in [-0.15, -0.1) is 0 Å². The summed E-state index contributed by atoms with van der Waals surface area (Å²) < 4.78 is 49.1. The largest absolute Gasteiger partial charge is 0.389 e. The fourth-order valence-corrected chi connectivity index (χ4v) is 1.58. The lowest BCUT2D eigenvalue weighted by Gasteiger charge is -2.24. The molecule has 0 aromatic carbocycles. The van der Waals surface area contributed by atoms with Crippen LogP contribution in [0.25, 0.3) is 0 Å². The summed E-state index contributed by atoms with van der Waals surface area (Å²) in [6.07, 6.45) is -3.45. The van der Waals surface area contributed by atoms with Gasteiger partial charge >= 0.3 is 6.18 Å². The van der Waals surface area contributed by atoms with Gasteiger partial charge in [0.2, 0.25) is 0 Å². The van der Waals surface area contributed by atoms with Gasteiger partial charge in [0.05, 0.1) is 11.8 Å². The van der Waals surface area contributed by atoms with Crippen molar-refractivity contribution < 1.29 is 22.7 Å².